The van der Waals surface area contributed by atoms with Gasteiger partial charge in [-0.2, -0.15) is 0 Å². The molecule has 2 fully saturated rings. The van der Waals surface area contributed by atoms with Gasteiger partial charge in [0.1, 0.15) is 5.75 Å². The Morgan fingerprint density at radius 3 is 2.43 bits per heavy atom. The number of carbonyl (C=O) groups excluding carboxylic acids is 2. The zero-order chi connectivity index (χ0) is 14.7. The van der Waals surface area contributed by atoms with Crippen molar-refractivity contribution in [1.82, 2.24) is 10.2 Å². The van der Waals surface area contributed by atoms with Gasteiger partial charge in [-0.3, -0.25) is 9.59 Å². The van der Waals surface area contributed by atoms with Crippen molar-refractivity contribution in [3.8, 4) is 5.75 Å². The molecule has 0 atom stereocenters. The van der Waals surface area contributed by atoms with Crippen molar-refractivity contribution in [3.05, 3.63) is 29.8 Å². The number of carbonyl (C=O) groups is 2. The summed E-state index contributed by atoms with van der Waals surface area (Å²) in [6, 6.07) is 7.35. The number of nitrogens with zero attached hydrogens (tertiary/aromatic N) is 1. The largest absolute Gasteiger partial charge is 0.484 e. The van der Waals surface area contributed by atoms with Crippen LogP contribution in [-0.2, 0) is 4.79 Å². The van der Waals surface area contributed by atoms with Crippen LogP contribution in [-0.4, -0.2) is 42.5 Å². The smallest absolute Gasteiger partial charge is 0.258 e. The number of nitrogens with one attached hydrogen (secondary N) is 1. The number of benzene rings is 1. The summed E-state index contributed by atoms with van der Waals surface area (Å²) >= 11 is 0. The second-order valence-corrected chi connectivity index (χ2v) is 5.65. The van der Waals surface area contributed by atoms with Crippen molar-refractivity contribution < 1.29 is 14.3 Å². The van der Waals surface area contributed by atoms with E-state index in [1.807, 2.05) is 4.90 Å². The number of hydrogen-bond acceptors (Lipinski definition) is 3. The molecule has 112 valence electrons. The molecule has 1 aromatic carbocycles. The van der Waals surface area contributed by atoms with Gasteiger partial charge in [0.05, 0.1) is 0 Å². The van der Waals surface area contributed by atoms with Crippen LogP contribution < -0.4 is 10.1 Å². The Labute approximate surface area is 124 Å². The molecule has 21 heavy (non-hydrogen) atoms. The molecule has 0 bridgehead atoms. The number of amides is 2. The predicted molar refractivity (Wildman–Crippen MR) is 78.2 cm³/mol. The van der Waals surface area contributed by atoms with Gasteiger partial charge in [-0.15, -0.1) is 0 Å². The normalized spacial score (nSPS) is 17.6. The van der Waals surface area contributed by atoms with E-state index in [0.717, 1.165) is 38.8 Å². The fraction of sp³-hybridized carbons (Fsp3) is 0.500. The molecule has 1 aliphatic heterocycles. The fourth-order valence-electron chi connectivity index (χ4n) is 2.44. The van der Waals surface area contributed by atoms with Crippen molar-refractivity contribution in [2.45, 2.75) is 31.7 Å². The van der Waals surface area contributed by atoms with E-state index in [1.54, 1.807) is 24.3 Å². The lowest BCUT2D eigenvalue weighted by atomic mass is 10.2. The van der Waals surface area contributed by atoms with Gasteiger partial charge in [0, 0.05) is 24.7 Å². The van der Waals surface area contributed by atoms with Gasteiger partial charge in [0.2, 0.25) is 0 Å². The van der Waals surface area contributed by atoms with Crippen LogP contribution in [0.25, 0.3) is 0 Å². The summed E-state index contributed by atoms with van der Waals surface area (Å²) in [5.41, 5.74) is 0.673. The second-order valence-electron chi connectivity index (χ2n) is 5.65. The number of rotatable bonds is 5. The molecule has 1 saturated heterocycles. The summed E-state index contributed by atoms with van der Waals surface area (Å²) < 4.78 is 5.42. The minimum absolute atomic E-state index is 0.0237. The van der Waals surface area contributed by atoms with Crippen LogP contribution in [0.15, 0.2) is 24.3 Å². The quantitative estimate of drug-likeness (QED) is 0.895. The molecule has 2 aliphatic rings. The molecule has 5 heteroatoms. The Kier molecular flexibility index (Phi) is 4.08. The molecule has 0 aromatic heterocycles. The average Bonchev–Trinajstić information content (AvgIpc) is 3.15. The molecule has 5 nitrogen and oxygen atoms in total. The van der Waals surface area contributed by atoms with E-state index in [2.05, 4.69) is 5.32 Å². The highest BCUT2D eigenvalue weighted by atomic mass is 16.5. The molecule has 0 spiro atoms. The van der Waals surface area contributed by atoms with Gasteiger partial charge in [-0.25, -0.2) is 0 Å². The van der Waals surface area contributed by atoms with Gasteiger partial charge in [-0.05, 0) is 49.9 Å². The van der Waals surface area contributed by atoms with E-state index in [-0.39, 0.29) is 18.4 Å². The Balaban J connectivity index is 1.51. The van der Waals surface area contributed by atoms with E-state index in [0.29, 0.717) is 17.4 Å². The SMILES string of the molecule is O=C(COc1ccc(C(=O)N2CCCC2)cc1)NC1CC1. The Morgan fingerprint density at radius 1 is 1.14 bits per heavy atom. The topological polar surface area (TPSA) is 58.6 Å². The molecule has 0 unspecified atom stereocenters. The maximum absolute atomic E-state index is 12.2. The van der Waals surface area contributed by atoms with Crippen LogP contribution in [0.2, 0.25) is 0 Å². The highest BCUT2D eigenvalue weighted by Gasteiger charge is 2.23. The van der Waals surface area contributed by atoms with Crippen molar-refractivity contribution in [2.24, 2.45) is 0 Å². The van der Waals surface area contributed by atoms with Crippen molar-refractivity contribution in [2.75, 3.05) is 19.7 Å². The summed E-state index contributed by atoms with van der Waals surface area (Å²) in [7, 11) is 0. The Bertz CT molecular complexity index is 517. The van der Waals surface area contributed by atoms with Crippen LogP contribution >= 0.6 is 0 Å². The van der Waals surface area contributed by atoms with Crippen molar-refractivity contribution in [3.63, 3.8) is 0 Å². The van der Waals surface area contributed by atoms with Crippen LogP contribution in [0.1, 0.15) is 36.0 Å². The highest BCUT2D eigenvalue weighted by Crippen LogP contribution is 2.19. The standard InChI is InChI=1S/C16H20N2O3/c19-15(17-13-5-6-13)11-21-14-7-3-12(4-8-14)16(20)18-9-1-2-10-18/h3-4,7-8,13H,1-2,5-6,9-11H2,(H,17,19). The van der Waals surface area contributed by atoms with E-state index in [4.69, 9.17) is 4.74 Å². The summed E-state index contributed by atoms with van der Waals surface area (Å²) in [4.78, 5) is 25.6. The average molecular weight is 288 g/mol. The molecule has 1 aliphatic carbocycles. The molecule has 1 heterocycles. The molecule has 0 radical (unpaired) electrons. The van der Waals surface area contributed by atoms with Gasteiger partial charge >= 0.3 is 0 Å². The monoisotopic (exact) mass is 288 g/mol. The lowest BCUT2D eigenvalue weighted by molar-refractivity contribution is -0.123. The van der Waals surface area contributed by atoms with Gasteiger partial charge in [0.25, 0.3) is 11.8 Å². The van der Waals surface area contributed by atoms with Crippen LogP contribution in [0.3, 0.4) is 0 Å². The van der Waals surface area contributed by atoms with Crippen molar-refractivity contribution in [1.29, 1.82) is 0 Å². The third kappa shape index (κ3) is 3.74. The molecule has 1 aromatic rings. The van der Waals surface area contributed by atoms with Crippen molar-refractivity contribution >= 4 is 11.8 Å². The van der Waals surface area contributed by atoms with Crippen LogP contribution in [0.5, 0.6) is 5.75 Å². The second kappa shape index (κ2) is 6.16. The Hall–Kier alpha value is -2.04. The van der Waals surface area contributed by atoms with E-state index in [1.165, 1.54) is 0 Å². The number of likely N-dealkylation sites (tertiary alicyclic amines) is 1. The number of ether oxygens (including phenoxy) is 1. The first kappa shape index (κ1) is 13.9. The zero-order valence-electron chi connectivity index (χ0n) is 12.0. The first-order valence-electron chi connectivity index (χ1n) is 7.54. The highest BCUT2D eigenvalue weighted by molar-refractivity contribution is 5.94. The van der Waals surface area contributed by atoms with E-state index in [9.17, 15) is 9.59 Å². The van der Waals surface area contributed by atoms with Gasteiger partial charge < -0.3 is 15.0 Å². The first-order chi connectivity index (χ1) is 10.2. The third-order valence-corrected chi connectivity index (χ3v) is 3.81. The summed E-state index contributed by atoms with van der Waals surface area (Å²) in [6.07, 6.45) is 4.31. The molecular formula is C16H20N2O3. The maximum Gasteiger partial charge on any atom is 0.258 e. The Morgan fingerprint density at radius 2 is 1.81 bits per heavy atom. The minimum Gasteiger partial charge on any atom is -0.484 e. The van der Waals surface area contributed by atoms with Crippen LogP contribution in [0.4, 0.5) is 0 Å². The lowest BCUT2D eigenvalue weighted by Gasteiger charge is -2.15. The van der Waals surface area contributed by atoms with E-state index < -0.39 is 0 Å². The first-order valence-corrected chi connectivity index (χ1v) is 7.54. The maximum atomic E-state index is 12.2. The lowest BCUT2D eigenvalue weighted by Crippen LogP contribution is -2.30. The number of hydrogen-bond donors (Lipinski definition) is 1. The predicted octanol–water partition coefficient (Wildman–Crippen LogP) is 1.58. The fourth-order valence-corrected chi connectivity index (χ4v) is 2.44. The minimum atomic E-state index is -0.0882. The van der Waals surface area contributed by atoms with Crippen LogP contribution in [0, 0.1) is 0 Å². The summed E-state index contributed by atoms with van der Waals surface area (Å²) in [5, 5.41) is 2.87. The molecule has 1 saturated carbocycles. The van der Waals surface area contributed by atoms with E-state index >= 15 is 0 Å². The summed E-state index contributed by atoms with van der Waals surface area (Å²) in [6.45, 7) is 1.72. The molecule has 1 N–H and O–H groups in total. The zero-order valence-corrected chi connectivity index (χ0v) is 12.0. The molecular weight excluding hydrogens is 268 g/mol. The molecule has 3 rings (SSSR count). The van der Waals surface area contributed by atoms with Gasteiger partial charge in [-0.1, -0.05) is 0 Å². The third-order valence-electron chi connectivity index (χ3n) is 3.81. The molecule has 2 amide bonds. The van der Waals surface area contributed by atoms with Gasteiger partial charge in [0.15, 0.2) is 6.61 Å². The summed E-state index contributed by atoms with van der Waals surface area (Å²) in [5.74, 6) is 0.596.